The van der Waals surface area contributed by atoms with E-state index in [2.05, 4.69) is 5.32 Å². The first kappa shape index (κ1) is 17.2. The summed E-state index contributed by atoms with van der Waals surface area (Å²) in [5.74, 6) is -0.704. The van der Waals surface area contributed by atoms with E-state index in [-0.39, 0.29) is 11.7 Å². The van der Waals surface area contributed by atoms with Gasteiger partial charge in [0.15, 0.2) is 0 Å². The van der Waals surface area contributed by atoms with Gasteiger partial charge in [0.25, 0.3) is 5.91 Å². The van der Waals surface area contributed by atoms with Gasteiger partial charge in [-0.2, -0.15) is 0 Å². The monoisotopic (exact) mass is 347 g/mol. The summed E-state index contributed by atoms with van der Waals surface area (Å²) in [7, 11) is 1.32. The zero-order chi connectivity index (χ0) is 18.5. The topological polar surface area (TPSA) is 75.6 Å². The van der Waals surface area contributed by atoms with Crippen molar-refractivity contribution in [3.05, 3.63) is 83.9 Å². The molecular formula is C21H17NO4. The van der Waals surface area contributed by atoms with E-state index in [9.17, 15) is 14.7 Å². The molecule has 3 aromatic rings. The van der Waals surface area contributed by atoms with Gasteiger partial charge in [-0.25, -0.2) is 4.79 Å². The molecule has 0 aromatic heterocycles. The number of aromatic hydroxyl groups is 1. The number of benzene rings is 3. The summed E-state index contributed by atoms with van der Waals surface area (Å²) in [4.78, 5) is 24.0. The lowest BCUT2D eigenvalue weighted by Crippen LogP contribution is -2.11. The highest BCUT2D eigenvalue weighted by molar-refractivity contribution is 6.04. The van der Waals surface area contributed by atoms with Crippen molar-refractivity contribution in [2.45, 2.75) is 0 Å². The number of esters is 1. The summed E-state index contributed by atoms with van der Waals surface area (Å²) in [6.07, 6.45) is 0. The summed E-state index contributed by atoms with van der Waals surface area (Å²) in [6, 6.07) is 20.4. The van der Waals surface area contributed by atoms with Gasteiger partial charge < -0.3 is 15.2 Å². The Hall–Kier alpha value is -3.60. The van der Waals surface area contributed by atoms with Crippen molar-refractivity contribution in [2.75, 3.05) is 12.4 Å². The third kappa shape index (κ3) is 3.89. The molecular weight excluding hydrogens is 330 g/mol. The van der Waals surface area contributed by atoms with Gasteiger partial charge in [-0.15, -0.1) is 0 Å². The van der Waals surface area contributed by atoms with Crippen LogP contribution in [0.4, 0.5) is 5.69 Å². The Balaban J connectivity index is 1.91. The fraction of sp³-hybridized carbons (Fsp3) is 0.0476. The van der Waals surface area contributed by atoms with Crippen LogP contribution in [0.2, 0.25) is 0 Å². The second-order valence-electron chi connectivity index (χ2n) is 5.66. The number of anilines is 1. The minimum absolute atomic E-state index is 0.00864. The van der Waals surface area contributed by atoms with Gasteiger partial charge in [0, 0.05) is 17.3 Å². The van der Waals surface area contributed by atoms with Crippen LogP contribution >= 0.6 is 0 Å². The van der Waals surface area contributed by atoms with Crippen LogP contribution in [0.25, 0.3) is 11.1 Å². The van der Waals surface area contributed by atoms with Crippen molar-refractivity contribution >= 4 is 17.6 Å². The Morgan fingerprint density at radius 3 is 2.31 bits per heavy atom. The summed E-state index contributed by atoms with van der Waals surface area (Å²) in [6.45, 7) is 0. The molecule has 0 heterocycles. The number of methoxy groups -OCH3 is 1. The molecule has 26 heavy (non-hydrogen) atoms. The summed E-state index contributed by atoms with van der Waals surface area (Å²) in [5.41, 5.74) is 2.77. The predicted molar refractivity (Wildman–Crippen MR) is 99.3 cm³/mol. The van der Waals surface area contributed by atoms with Crippen molar-refractivity contribution in [3.8, 4) is 16.9 Å². The fourth-order valence-corrected chi connectivity index (χ4v) is 2.59. The maximum atomic E-state index is 12.3. The molecule has 130 valence electrons. The molecule has 0 bridgehead atoms. The number of hydrogen-bond donors (Lipinski definition) is 2. The Bertz CT molecular complexity index is 951. The summed E-state index contributed by atoms with van der Waals surface area (Å²) < 4.78 is 4.73. The van der Waals surface area contributed by atoms with Gasteiger partial charge in [-0.1, -0.05) is 30.3 Å². The summed E-state index contributed by atoms with van der Waals surface area (Å²) in [5, 5.41) is 12.8. The van der Waals surface area contributed by atoms with Crippen LogP contribution in [0.15, 0.2) is 72.8 Å². The minimum Gasteiger partial charge on any atom is -0.508 e. The largest absolute Gasteiger partial charge is 0.508 e. The van der Waals surface area contributed by atoms with Crippen LogP contribution in [0, 0.1) is 0 Å². The van der Waals surface area contributed by atoms with Gasteiger partial charge in [0.05, 0.1) is 12.7 Å². The van der Waals surface area contributed by atoms with E-state index < -0.39 is 5.97 Å². The maximum Gasteiger partial charge on any atom is 0.337 e. The minimum atomic E-state index is -0.440. The highest BCUT2D eigenvalue weighted by Crippen LogP contribution is 2.29. The fourth-order valence-electron chi connectivity index (χ4n) is 2.59. The van der Waals surface area contributed by atoms with Gasteiger partial charge in [-0.05, 0) is 47.5 Å². The first-order valence-corrected chi connectivity index (χ1v) is 7.96. The first-order valence-electron chi connectivity index (χ1n) is 7.96. The van der Waals surface area contributed by atoms with E-state index in [1.807, 2.05) is 12.1 Å². The molecule has 5 heteroatoms. The molecule has 0 saturated carbocycles. The second kappa shape index (κ2) is 7.53. The predicted octanol–water partition coefficient (Wildman–Crippen LogP) is 4.10. The Labute approximate surface area is 150 Å². The molecule has 0 aliphatic rings. The van der Waals surface area contributed by atoms with Crippen LogP contribution in [0.1, 0.15) is 20.7 Å². The van der Waals surface area contributed by atoms with Crippen LogP contribution < -0.4 is 5.32 Å². The number of nitrogens with one attached hydrogen (secondary N) is 1. The lowest BCUT2D eigenvalue weighted by Gasteiger charge is -2.10. The Morgan fingerprint density at radius 2 is 1.58 bits per heavy atom. The zero-order valence-corrected chi connectivity index (χ0v) is 14.1. The number of ether oxygens (including phenoxy) is 1. The molecule has 0 spiro atoms. The van der Waals surface area contributed by atoms with Crippen LogP contribution in [0.5, 0.6) is 5.75 Å². The van der Waals surface area contributed by atoms with Crippen molar-refractivity contribution in [3.63, 3.8) is 0 Å². The van der Waals surface area contributed by atoms with Crippen LogP contribution in [-0.4, -0.2) is 24.1 Å². The van der Waals surface area contributed by atoms with E-state index >= 15 is 0 Å². The molecule has 3 aromatic carbocycles. The molecule has 0 saturated heterocycles. The number of phenolic OH excluding ortho intramolecular Hbond substituents is 1. The second-order valence-corrected chi connectivity index (χ2v) is 5.66. The van der Waals surface area contributed by atoms with Crippen molar-refractivity contribution < 1.29 is 19.4 Å². The molecule has 0 aliphatic carbocycles. The highest BCUT2D eigenvalue weighted by Gasteiger charge is 2.10. The molecule has 1 amide bonds. The third-order valence-corrected chi connectivity index (χ3v) is 3.83. The SMILES string of the molecule is COC(=O)c1cccc(-c2cc(O)cc(NC(=O)c3ccccc3)c2)c1. The van der Waals surface area contributed by atoms with E-state index in [4.69, 9.17) is 4.74 Å². The Kier molecular flexibility index (Phi) is 4.99. The number of hydrogen-bond acceptors (Lipinski definition) is 4. The van der Waals surface area contributed by atoms with Crippen LogP contribution in [-0.2, 0) is 4.74 Å². The smallest absolute Gasteiger partial charge is 0.337 e. The molecule has 2 N–H and O–H groups in total. The average Bonchev–Trinajstić information content (AvgIpc) is 2.67. The van der Waals surface area contributed by atoms with Crippen molar-refractivity contribution in [2.24, 2.45) is 0 Å². The van der Waals surface area contributed by atoms with Gasteiger partial charge in [0.2, 0.25) is 0 Å². The number of carbonyl (C=O) groups excluding carboxylic acids is 2. The van der Waals surface area contributed by atoms with Gasteiger partial charge in [0.1, 0.15) is 5.75 Å². The number of phenols is 1. The number of rotatable bonds is 4. The van der Waals surface area contributed by atoms with E-state index in [1.54, 1.807) is 54.6 Å². The maximum absolute atomic E-state index is 12.3. The molecule has 3 rings (SSSR count). The molecule has 0 unspecified atom stereocenters. The van der Waals surface area contributed by atoms with Gasteiger partial charge >= 0.3 is 5.97 Å². The molecule has 0 atom stereocenters. The number of amides is 1. The van der Waals surface area contributed by atoms with Crippen molar-refractivity contribution in [1.82, 2.24) is 0 Å². The zero-order valence-electron chi connectivity index (χ0n) is 14.1. The normalized spacial score (nSPS) is 10.2. The van der Waals surface area contributed by atoms with Crippen molar-refractivity contribution in [1.29, 1.82) is 0 Å². The quantitative estimate of drug-likeness (QED) is 0.697. The lowest BCUT2D eigenvalue weighted by molar-refractivity contribution is 0.0600. The first-order chi connectivity index (χ1) is 12.6. The molecule has 0 fully saturated rings. The van der Waals surface area contributed by atoms with E-state index in [1.165, 1.54) is 13.2 Å². The highest BCUT2D eigenvalue weighted by atomic mass is 16.5. The molecule has 0 radical (unpaired) electrons. The van der Waals surface area contributed by atoms with Crippen LogP contribution in [0.3, 0.4) is 0 Å². The third-order valence-electron chi connectivity index (χ3n) is 3.83. The van der Waals surface area contributed by atoms with E-state index in [0.29, 0.717) is 22.4 Å². The lowest BCUT2D eigenvalue weighted by atomic mass is 10.0. The molecule has 0 aliphatic heterocycles. The summed E-state index contributed by atoms with van der Waals surface area (Å²) >= 11 is 0. The average molecular weight is 347 g/mol. The van der Waals surface area contributed by atoms with Gasteiger partial charge in [-0.3, -0.25) is 4.79 Å². The van der Waals surface area contributed by atoms with E-state index in [0.717, 1.165) is 5.56 Å². The Morgan fingerprint density at radius 1 is 0.846 bits per heavy atom. The molecule has 5 nitrogen and oxygen atoms in total. The number of carbonyl (C=O) groups is 2. The standard InChI is InChI=1S/C21H17NO4/c1-26-21(25)16-9-5-8-15(10-16)17-11-18(13-19(23)12-17)22-20(24)14-6-3-2-4-7-14/h2-13,23H,1H3,(H,22,24).